The predicted molar refractivity (Wildman–Crippen MR) is 140 cm³/mol. The molecule has 1 heterocycles. The van der Waals surface area contributed by atoms with Gasteiger partial charge in [-0.05, 0) is 61.7 Å². The quantitative estimate of drug-likeness (QED) is 0.306. The highest BCUT2D eigenvalue weighted by molar-refractivity contribution is 7.98. The molecule has 0 saturated heterocycles. The zero-order chi connectivity index (χ0) is 24.8. The Kier molecular flexibility index (Phi) is 7.72. The molecule has 4 rings (SSSR count). The minimum Gasteiger partial charge on any atom is -0.497 e. The zero-order valence-corrected chi connectivity index (χ0v) is 21.1. The number of carbonyl (C=O) groups excluding carboxylic acids is 1. The minimum absolute atomic E-state index is 0.233. The van der Waals surface area contributed by atoms with E-state index in [4.69, 9.17) is 4.74 Å². The molecule has 7 nitrogen and oxygen atoms in total. The Balaban J connectivity index is 1.53. The molecule has 1 aromatic heterocycles. The van der Waals surface area contributed by atoms with Crippen LogP contribution in [-0.2, 0) is 12.3 Å². The van der Waals surface area contributed by atoms with Crippen molar-refractivity contribution < 1.29 is 9.53 Å². The number of amides is 2. The van der Waals surface area contributed by atoms with Crippen molar-refractivity contribution in [3.63, 3.8) is 0 Å². The van der Waals surface area contributed by atoms with E-state index in [1.807, 2.05) is 66.9 Å². The molecule has 0 atom stereocenters. The van der Waals surface area contributed by atoms with Gasteiger partial charge in [0, 0.05) is 17.1 Å². The summed E-state index contributed by atoms with van der Waals surface area (Å²) in [6, 6.07) is 21.8. The highest BCUT2D eigenvalue weighted by Gasteiger charge is 2.16. The predicted octanol–water partition coefficient (Wildman–Crippen LogP) is 5.82. The number of thioether (sulfide) groups is 1. The molecule has 0 unspecified atom stereocenters. The van der Waals surface area contributed by atoms with Crippen LogP contribution in [0.4, 0.5) is 10.5 Å². The van der Waals surface area contributed by atoms with Crippen LogP contribution in [0.5, 0.6) is 5.75 Å². The summed E-state index contributed by atoms with van der Waals surface area (Å²) in [5.74, 6) is 2.18. The molecule has 2 amide bonds. The number of benzene rings is 3. The van der Waals surface area contributed by atoms with E-state index < -0.39 is 0 Å². The Hall–Kier alpha value is -3.78. The fourth-order valence-electron chi connectivity index (χ4n) is 3.70. The maximum Gasteiger partial charge on any atom is 0.319 e. The number of methoxy groups -OCH3 is 1. The van der Waals surface area contributed by atoms with E-state index in [1.54, 1.807) is 18.9 Å². The second-order valence-electron chi connectivity index (χ2n) is 8.28. The number of para-hydroxylation sites is 1. The normalized spacial score (nSPS) is 10.7. The third-order valence-electron chi connectivity index (χ3n) is 5.62. The Bertz CT molecular complexity index is 1300. The van der Waals surface area contributed by atoms with Crippen LogP contribution in [0, 0.1) is 20.8 Å². The largest absolute Gasteiger partial charge is 0.497 e. The lowest BCUT2D eigenvalue weighted by Crippen LogP contribution is -2.30. The number of hydrogen-bond donors (Lipinski definition) is 2. The fourth-order valence-corrected chi connectivity index (χ4v) is 4.61. The fraction of sp³-hybridized carbons (Fsp3) is 0.222. The topological polar surface area (TPSA) is 81.1 Å². The van der Waals surface area contributed by atoms with Crippen molar-refractivity contribution >= 4 is 23.5 Å². The van der Waals surface area contributed by atoms with Crippen LogP contribution in [-0.4, -0.2) is 27.9 Å². The minimum atomic E-state index is -0.286. The highest BCUT2D eigenvalue weighted by Crippen LogP contribution is 2.27. The van der Waals surface area contributed by atoms with Crippen LogP contribution in [0.3, 0.4) is 0 Å². The lowest BCUT2D eigenvalue weighted by molar-refractivity contribution is 0.251. The molecular weight excluding hydrogens is 458 g/mol. The number of carbonyl (C=O) groups is 1. The van der Waals surface area contributed by atoms with Gasteiger partial charge in [-0.1, -0.05) is 59.8 Å². The molecule has 4 aromatic rings. The van der Waals surface area contributed by atoms with Crippen LogP contribution in [0.25, 0.3) is 5.69 Å². The second kappa shape index (κ2) is 11.1. The molecule has 0 aliphatic heterocycles. The van der Waals surface area contributed by atoms with Crippen LogP contribution in [0.15, 0.2) is 71.9 Å². The molecule has 3 aromatic carbocycles. The molecule has 180 valence electrons. The van der Waals surface area contributed by atoms with Gasteiger partial charge >= 0.3 is 6.03 Å². The highest BCUT2D eigenvalue weighted by atomic mass is 32.2. The van der Waals surface area contributed by atoms with Crippen molar-refractivity contribution in [1.29, 1.82) is 0 Å². The summed E-state index contributed by atoms with van der Waals surface area (Å²) >= 11 is 1.59. The molecule has 0 aliphatic carbocycles. The Morgan fingerprint density at radius 2 is 1.69 bits per heavy atom. The van der Waals surface area contributed by atoms with E-state index in [9.17, 15) is 4.79 Å². The third kappa shape index (κ3) is 6.02. The second-order valence-corrected chi connectivity index (χ2v) is 9.23. The average Bonchev–Trinajstić information content (AvgIpc) is 3.27. The molecular formula is C27H29N5O2S. The van der Waals surface area contributed by atoms with E-state index in [1.165, 1.54) is 5.56 Å². The summed E-state index contributed by atoms with van der Waals surface area (Å²) in [5.41, 5.74) is 6.08. The average molecular weight is 488 g/mol. The Labute approximate surface area is 209 Å². The number of nitrogens with one attached hydrogen (secondary N) is 2. The van der Waals surface area contributed by atoms with E-state index in [0.717, 1.165) is 39.0 Å². The van der Waals surface area contributed by atoms with Crippen molar-refractivity contribution in [2.45, 2.75) is 38.2 Å². The van der Waals surface area contributed by atoms with Crippen LogP contribution >= 0.6 is 11.8 Å². The van der Waals surface area contributed by atoms with E-state index in [0.29, 0.717) is 11.6 Å². The maximum atomic E-state index is 12.7. The molecule has 2 N–H and O–H groups in total. The first-order valence-corrected chi connectivity index (χ1v) is 12.3. The van der Waals surface area contributed by atoms with Crippen molar-refractivity contribution in [3.8, 4) is 11.4 Å². The SMILES string of the molecule is COc1cccc(CSc2nnc(CNC(=O)Nc3c(C)cccc3C)n2-c2ccc(C)cc2)c1. The van der Waals surface area contributed by atoms with Crippen molar-refractivity contribution in [3.05, 3.63) is 94.8 Å². The number of nitrogens with zero attached hydrogens (tertiary/aromatic N) is 3. The zero-order valence-electron chi connectivity index (χ0n) is 20.3. The first-order valence-electron chi connectivity index (χ1n) is 11.3. The van der Waals surface area contributed by atoms with E-state index in [2.05, 4.69) is 46.0 Å². The summed E-state index contributed by atoms with van der Waals surface area (Å²) in [7, 11) is 1.66. The van der Waals surface area contributed by atoms with Gasteiger partial charge in [0.25, 0.3) is 0 Å². The number of hydrogen-bond acceptors (Lipinski definition) is 5. The molecule has 0 spiro atoms. The summed E-state index contributed by atoms with van der Waals surface area (Å²) in [6.45, 7) is 6.23. The molecule has 0 fully saturated rings. The van der Waals surface area contributed by atoms with Crippen LogP contribution < -0.4 is 15.4 Å². The molecule has 0 bridgehead atoms. The molecule has 0 saturated carbocycles. The Morgan fingerprint density at radius 1 is 0.971 bits per heavy atom. The van der Waals surface area contributed by atoms with Crippen molar-refractivity contribution in [1.82, 2.24) is 20.1 Å². The Morgan fingerprint density at radius 3 is 2.40 bits per heavy atom. The lowest BCUT2D eigenvalue weighted by atomic mass is 10.1. The standard InChI is InChI=1S/C27H29N5O2S/c1-18-11-13-22(14-12-18)32-24(16-28-26(33)29-25-19(2)7-5-8-20(25)3)30-31-27(32)35-17-21-9-6-10-23(15-21)34-4/h5-15H,16-17H2,1-4H3,(H2,28,29,33). The van der Waals surface area contributed by atoms with Gasteiger partial charge in [0.2, 0.25) is 0 Å². The number of urea groups is 1. The van der Waals surface area contributed by atoms with Gasteiger partial charge in [-0.2, -0.15) is 0 Å². The third-order valence-corrected chi connectivity index (χ3v) is 6.62. The number of aryl methyl sites for hydroxylation is 3. The number of rotatable bonds is 8. The number of ether oxygens (including phenoxy) is 1. The summed E-state index contributed by atoms with van der Waals surface area (Å²) in [6.07, 6.45) is 0. The van der Waals surface area contributed by atoms with Gasteiger partial charge in [-0.25, -0.2) is 4.79 Å². The van der Waals surface area contributed by atoms with Gasteiger partial charge in [0.1, 0.15) is 5.75 Å². The maximum absolute atomic E-state index is 12.7. The van der Waals surface area contributed by atoms with E-state index in [-0.39, 0.29) is 12.6 Å². The summed E-state index contributed by atoms with van der Waals surface area (Å²) < 4.78 is 7.33. The summed E-state index contributed by atoms with van der Waals surface area (Å²) in [5, 5.41) is 15.5. The van der Waals surface area contributed by atoms with Crippen molar-refractivity contribution in [2.24, 2.45) is 0 Å². The van der Waals surface area contributed by atoms with Crippen LogP contribution in [0.1, 0.15) is 28.1 Å². The molecule has 35 heavy (non-hydrogen) atoms. The molecule has 0 aliphatic rings. The van der Waals surface area contributed by atoms with Gasteiger partial charge in [-0.15, -0.1) is 10.2 Å². The first-order chi connectivity index (χ1) is 16.9. The monoisotopic (exact) mass is 487 g/mol. The van der Waals surface area contributed by atoms with Gasteiger partial charge in [0.05, 0.1) is 13.7 Å². The van der Waals surface area contributed by atoms with Gasteiger partial charge < -0.3 is 15.4 Å². The summed E-state index contributed by atoms with van der Waals surface area (Å²) in [4.78, 5) is 12.7. The molecule has 0 radical (unpaired) electrons. The lowest BCUT2D eigenvalue weighted by Gasteiger charge is -2.14. The first kappa shape index (κ1) is 24.3. The van der Waals surface area contributed by atoms with E-state index >= 15 is 0 Å². The number of anilines is 1. The number of aromatic nitrogens is 3. The van der Waals surface area contributed by atoms with Gasteiger partial charge in [-0.3, -0.25) is 4.57 Å². The van der Waals surface area contributed by atoms with Gasteiger partial charge in [0.15, 0.2) is 11.0 Å². The molecule has 8 heteroatoms. The van der Waals surface area contributed by atoms with Crippen molar-refractivity contribution in [2.75, 3.05) is 12.4 Å². The smallest absolute Gasteiger partial charge is 0.319 e. The van der Waals surface area contributed by atoms with Crippen LogP contribution in [0.2, 0.25) is 0 Å².